The van der Waals surface area contributed by atoms with Gasteiger partial charge < -0.3 is 19.5 Å². The standard InChI is InChI=1S/C21H27NO4/c1-6-14-8-9-15(7-2)17(10-14)13-22-21(23)16-11-18(24-3)20(26-5)19(12-16)25-4/h8-12H,6-7,13H2,1-5H3,(H,22,23). The van der Waals surface area contributed by atoms with Gasteiger partial charge in [0.1, 0.15) is 0 Å². The van der Waals surface area contributed by atoms with Gasteiger partial charge in [-0.2, -0.15) is 0 Å². The number of hydrogen-bond acceptors (Lipinski definition) is 4. The molecular formula is C21H27NO4. The number of ether oxygens (including phenoxy) is 3. The van der Waals surface area contributed by atoms with Crippen LogP contribution in [0.3, 0.4) is 0 Å². The van der Waals surface area contributed by atoms with Crippen LogP contribution in [-0.4, -0.2) is 27.2 Å². The van der Waals surface area contributed by atoms with E-state index in [4.69, 9.17) is 14.2 Å². The molecule has 0 aromatic heterocycles. The largest absolute Gasteiger partial charge is 0.493 e. The summed E-state index contributed by atoms with van der Waals surface area (Å²) < 4.78 is 15.9. The molecule has 0 bridgehead atoms. The molecule has 0 aliphatic rings. The zero-order valence-electron chi connectivity index (χ0n) is 16.1. The first-order valence-corrected chi connectivity index (χ1v) is 8.76. The number of benzene rings is 2. The minimum atomic E-state index is -0.187. The Hall–Kier alpha value is -2.69. The van der Waals surface area contributed by atoms with E-state index < -0.39 is 0 Å². The Balaban J connectivity index is 2.23. The van der Waals surface area contributed by atoms with E-state index >= 15 is 0 Å². The summed E-state index contributed by atoms with van der Waals surface area (Å²) in [5.41, 5.74) is 4.11. The van der Waals surface area contributed by atoms with E-state index in [0.717, 1.165) is 18.4 Å². The average molecular weight is 357 g/mol. The maximum atomic E-state index is 12.6. The molecule has 0 spiro atoms. The zero-order valence-corrected chi connectivity index (χ0v) is 16.1. The van der Waals surface area contributed by atoms with Gasteiger partial charge in [0, 0.05) is 12.1 Å². The summed E-state index contributed by atoms with van der Waals surface area (Å²) in [5.74, 6) is 1.20. The molecule has 5 nitrogen and oxygen atoms in total. The van der Waals surface area contributed by atoms with Gasteiger partial charge in [-0.25, -0.2) is 0 Å². The van der Waals surface area contributed by atoms with E-state index in [1.54, 1.807) is 12.1 Å². The monoisotopic (exact) mass is 357 g/mol. The Kier molecular flexibility index (Phi) is 6.89. The lowest BCUT2D eigenvalue weighted by Gasteiger charge is -2.15. The number of hydrogen-bond donors (Lipinski definition) is 1. The number of nitrogens with one attached hydrogen (secondary N) is 1. The summed E-state index contributed by atoms with van der Waals surface area (Å²) in [4.78, 5) is 12.6. The number of aryl methyl sites for hydroxylation is 2. The van der Waals surface area contributed by atoms with Crippen LogP contribution in [-0.2, 0) is 19.4 Å². The molecule has 2 rings (SSSR count). The van der Waals surface area contributed by atoms with Crippen molar-refractivity contribution < 1.29 is 19.0 Å². The van der Waals surface area contributed by atoms with Crippen molar-refractivity contribution in [1.29, 1.82) is 0 Å². The molecule has 0 radical (unpaired) electrons. The van der Waals surface area contributed by atoms with Crippen LogP contribution >= 0.6 is 0 Å². The summed E-state index contributed by atoms with van der Waals surface area (Å²) in [6, 6.07) is 9.75. The first-order valence-electron chi connectivity index (χ1n) is 8.76. The van der Waals surface area contributed by atoms with E-state index in [0.29, 0.717) is 29.4 Å². The molecule has 0 aliphatic heterocycles. The molecule has 0 aliphatic carbocycles. The lowest BCUT2D eigenvalue weighted by atomic mass is 10.0. The van der Waals surface area contributed by atoms with Crippen LogP contribution in [0.1, 0.15) is 40.9 Å². The first-order chi connectivity index (χ1) is 12.6. The normalized spacial score (nSPS) is 10.3. The molecule has 26 heavy (non-hydrogen) atoms. The Morgan fingerprint density at radius 2 is 1.54 bits per heavy atom. The van der Waals surface area contributed by atoms with Gasteiger partial charge in [0.25, 0.3) is 5.91 Å². The van der Waals surface area contributed by atoms with E-state index in [9.17, 15) is 4.79 Å². The second-order valence-electron chi connectivity index (χ2n) is 5.91. The lowest BCUT2D eigenvalue weighted by Crippen LogP contribution is -2.23. The first kappa shape index (κ1) is 19.6. The lowest BCUT2D eigenvalue weighted by molar-refractivity contribution is 0.0950. The van der Waals surface area contributed by atoms with Crippen LogP contribution in [0.25, 0.3) is 0 Å². The zero-order chi connectivity index (χ0) is 19.1. The molecule has 2 aromatic carbocycles. The van der Waals surface area contributed by atoms with Gasteiger partial charge in [0.05, 0.1) is 21.3 Å². The van der Waals surface area contributed by atoms with Crippen LogP contribution in [0, 0.1) is 0 Å². The number of amides is 1. The smallest absolute Gasteiger partial charge is 0.251 e. The fraction of sp³-hybridized carbons (Fsp3) is 0.381. The maximum Gasteiger partial charge on any atom is 0.251 e. The van der Waals surface area contributed by atoms with Crippen molar-refractivity contribution >= 4 is 5.91 Å². The minimum absolute atomic E-state index is 0.187. The van der Waals surface area contributed by atoms with Gasteiger partial charge in [-0.3, -0.25) is 4.79 Å². The highest BCUT2D eigenvalue weighted by Gasteiger charge is 2.17. The van der Waals surface area contributed by atoms with Crippen molar-refractivity contribution in [2.45, 2.75) is 33.2 Å². The third-order valence-electron chi connectivity index (χ3n) is 4.43. The van der Waals surface area contributed by atoms with Crippen LogP contribution in [0.4, 0.5) is 0 Å². The molecule has 0 fully saturated rings. The Bertz CT molecular complexity index is 746. The number of carbonyl (C=O) groups is 1. The van der Waals surface area contributed by atoms with Crippen LogP contribution < -0.4 is 19.5 Å². The SMILES string of the molecule is CCc1ccc(CC)c(CNC(=O)c2cc(OC)c(OC)c(OC)c2)c1. The van der Waals surface area contributed by atoms with E-state index in [1.165, 1.54) is 32.5 Å². The fourth-order valence-corrected chi connectivity index (χ4v) is 2.90. The molecule has 0 unspecified atom stereocenters. The number of methoxy groups -OCH3 is 3. The number of rotatable bonds is 8. The van der Waals surface area contributed by atoms with Crippen molar-refractivity contribution in [2.24, 2.45) is 0 Å². The summed E-state index contributed by atoms with van der Waals surface area (Å²) in [6.07, 6.45) is 1.90. The highest BCUT2D eigenvalue weighted by Crippen LogP contribution is 2.38. The second kappa shape index (κ2) is 9.13. The third kappa shape index (κ3) is 4.28. The predicted octanol–water partition coefficient (Wildman–Crippen LogP) is 3.77. The van der Waals surface area contributed by atoms with E-state index in [2.05, 4.69) is 37.4 Å². The topological polar surface area (TPSA) is 56.8 Å². The van der Waals surface area contributed by atoms with Gasteiger partial charge >= 0.3 is 0 Å². The third-order valence-corrected chi connectivity index (χ3v) is 4.43. The number of carbonyl (C=O) groups excluding carboxylic acids is 1. The van der Waals surface area contributed by atoms with Crippen molar-refractivity contribution in [3.63, 3.8) is 0 Å². The molecule has 0 saturated carbocycles. The van der Waals surface area contributed by atoms with E-state index in [1.807, 2.05) is 0 Å². The molecule has 1 amide bonds. The van der Waals surface area contributed by atoms with Crippen molar-refractivity contribution in [3.8, 4) is 17.2 Å². The summed E-state index contributed by atoms with van der Waals surface area (Å²) >= 11 is 0. The molecule has 2 aromatic rings. The summed E-state index contributed by atoms with van der Waals surface area (Å²) in [5, 5.41) is 2.99. The molecule has 140 valence electrons. The van der Waals surface area contributed by atoms with Crippen LogP contribution in [0.2, 0.25) is 0 Å². The molecule has 0 saturated heterocycles. The Morgan fingerprint density at radius 1 is 0.885 bits per heavy atom. The van der Waals surface area contributed by atoms with Crippen molar-refractivity contribution in [3.05, 3.63) is 52.6 Å². The Labute approximate surface area is 155 Å². The van der Waals surface area contributed by atoms with Gasteiger partial charge in [0.2, 0.25) is 5.75 Å². The molecular weight excluding hydrogens is 330 g/mol. The summed E-state index contributed by atoms with van der Waals surface area (Å²) in [7, 11) is 4.60. The molecule has 0 atom stereocenters. The van der Waals surface area contributed by atoms with Gasteiger partial charge in [0.15, 0.2) is 11.5 Å². The van der Waals surface area contributed by atoms with Gasteiger partial charge in [-0.1, -0.05) is 32.0 Å². The Morgan fingerprint density at radius 3 is 2.04 bits per heavy atom. The second-order valence-corrected chi connectivity index (χ2v) is 5.91. The summed E-state index contributed by atoms with van der Waals surface area (Å²) in [6.45, 7) is 4.72. The van der Waals surface area contributed by atoms with E-state index in [-0.39, 0.29) is 5.91 Å². The highest BCUT2D eigenvalue weighted by atomic mass is 16.5. The fourth-order valence-electron chi connectivity index (χ4n) is 2.90. The quantitative estimate of drug-likeness (QED) is 0.781. The predicted molar refractivity (Wildman–Crippen MR) is 102 cm³/mol. The average Bonchev–Trinajstić information content (AvgIpc) is 2.70. The minimum Gasteiger partial charge on any atom is -0.493 e. The molecule has 1 N–H and O–H groups in total. The molecule has 0 heterocycles. The van der Waals surface area contributed by atoms with Crippen LogP contribution in [0.15, 0.2) is 30.3 Å². The maximum absolute atomic E-state index is 12.6. The van der Waals surface area contributed by atoms with Crippen molar-refractivity contribution in [2.75, 3.05) is 21.3 Å². The van der Waals surface area contributed by atoms with Gasteiger partial charge in [-0.05, 0) is 41.7 Å². The molecule has 5 heteroatoms. The van der Waals surface area contributed by atoms with Gasteiger partial charge in [-0.15, -0.1) is 0 Å². The highest BCUT2D eigenvalue weighted by molar-refractivity contribution is 5.95. The van der Waals surface area contributed by atoms with Crippen LogP contribution in [0.5, 0.6) is 17.2 Å². The van der Waals surface area contributed by atoms with Crippen molar-refractivity contribution in [1.82, 2.24) is 5.32 Å².